The van der Waals surface area contributed by atoms with Crippen LogP contribution < -0.4 is 9.64 Å². The molecule has 0 spiro atoms. The Hall–Kier alpha value is -1.85. The molecule has 0 N–H and O–H groups in total. The van der Waals surface area contributed by atoms with Crippen LogP contribution in [0.4, 0.5) is 5.82 Å². The van der Waals surface area contributed by atoms with E-state index in [4.69, 9.17) is 4.74 Å². The molecule has 0 atom stereocenters. The van der Waals surface area contributed by atoms with E-state index in [1.807, 2.05) is 25.8 Å². The summed E-state index contributed by atoms with van der Waals surface area (Å²) < 4.78 is 10.0. The number of carbonyl (C=O) groups excluding carboxylic acids is 1. The first-order valence-corrected chi connectivity index (χ1v) is 5.79. The van der Waals surface area contributed by atoms with Gasteiger partial charge in [-0.1, -0.05) is 0 Å². The lowest BCUT2D eigenvalue weighted by molar-refractivity contribution is -0.140. The normalized spacial score (nSPS) is 10.3. The van der Waals surface area contributed by atoms with E-state index in [9.17, 15) is 4.79 Å². The van der Waals surface area contributed by atoms with Crippen molar-refractivity contribution in [1.29, 1.82) is 0 Å². The number of carbonyl (C=O) groups is 1. The van der Waals surface area contributed by atoms with Crippen molar-refractivity contribution in [1.82, 2.24) is 9.97 Å². The van der Waals surface area contributed by atoms with Crippen molar-refractivity contribution in [2.45, 2.75) is 26.4 Å². The summed E-state index contributed by atoms with van der Waals surface area (Å²) in [7, 11) is 3.21. The molecule has 1 aromatic rings. The van der Waals surface area contributed by atoms with Gasteiger partial charge in [-0.25, -0.2) is 0 Å². The van der Waals surface area contributed by atoms with Gasteiger partial charge >= 0.3 is 5.97 Å². The minimum Gasteiger partial charge on any atom is -0.474 e. The summed E-state index contributed by atoms with van der Waals surface area (Å²) in [6, 6.07) is 0. The quantitative estimate of drug-likeness (QED) is 0.711. The zero-order valence-electron chi connectivity index (χ0n) is 11.2. The number of methoxy groups -OCH3 is 1. The van der Waals surface area contributed by atoms with Crippen molar-refractivity contribution in [2.75, 3.05) is 25.6 Å². The first-order chi connectivity index (χ1) is 8.52. The highest BCUT2D eigenvalue weighted by Gasteiger charge is 2.08. The van der Waals surface area contributed by atoms with Gasteiger partial charge in [0.1, 0.15) is 0 Å². The second kappa shape index (κ2) is 6.78. The first-order valence-electron chi connectivity index (χ1n) is 5.79. The molecule has 0 saturated carbocycles. The predicted octanol–water partition coefficient (Wildman–Crippen LogP) is 1.26. The molecule has 1 heterocycles. The molecule has 0 unspecified atom stereocenters. The average molecular weight is 253 g/mol. The number of anilines is 1. The van der Waals surface area contributed by atoms with Crippen molar-refractivity contribution < 1.29 is 14.3 Å². The van der Waals surface area contributed by atoms with Gasteiger partial charge in [0.15, 0.2) is 5.82 Å². The first kappa shape index (κ1) is 14.2. The van der Waals surface area contributed by atoms with Gasteiger partial charge in [-0.2, -0.15) is 4.98 Å². The number of aromatic nitrogens is 2. The minimum atomic E-state index is -0.246. The smallest absolute Gasteiger partial charge is 0.307 e. The number of rotatable bonds is 6. The van der Waals surface area contributed by atoms with E-state index in [0.717, 1.165) is 0 Å². The fraction of sp³-hybridized carbons (Fsp3) is 0.583. The number of ether oxygens (including phenoxy) is 2. The van der Waals surface area contributed by atoms with E-state index in [-0.39, 0.29) is 12.1 Å². The van der Waals surface area contributed by atoms with Crippen LogP contribution >= 0.6 is 0 Å². The molecule has 0 saturated heterocycles. The molecule has 6 heteroatoms. The third-order valence-corrected chi connectivity index (χ3v) is 2.23. The van der Waals surface area contributed by atoms with E-state index in [1.54, 1.807) is 12.4 Å². The highest BCUT2D eigenvalue weighted by Crippen LogP contribution is 2.13. The summed E-state index contributed by atoms with van der Waals surface area (Å²) >= 11 is 0. The molecule has 0 fully saturated rings. The minimum absolute atomic E-state index is 0.0509. The van der Waals surface area contributed by atoms with Crippen LogP contribution in [-0.4, -0.2) is 42.7 Å². The van der Waals surface area contributed by atoms with Crippen molar-refractivity contribution in [2.24, 2.45) is 0 Å². The van der Waals surface area contributed by atoms with Gasteiger partial charge in [0.2, 0.25) is 5.88 Å². The Balaban J connectivity index is 2.62. The fourth-order valence-electron chi connectivity index (χ4n) is 1.30. The molecule has 0 amide bonds. The largest absolute Gasteiger partial charge is 0.474 e. The van der Waals surface area contributed by atoms with Crippen molar-refractivity contribution in [3.63, 3.8) is 0 Å². The van der Waals surface area contributed by atoms with Crippen LogP contribution in [0.3, 0.4) is 0 Å². The Kier molecular flexibility index (Phi) is 5.35. The lowest BCUT2D eigenvalue weighted by Crippen LogP contribution is -2.23. The van der Waals surface area contributed by atoms with Crippen LogP contribution in [-0.2, 0) is 9.53 Å². The molecular formula is C12H19N3O3. The molecule has 0 bridgehead atoms. The molecule has 0 aromatic carbocycles. The van der Waals surface area contributed by atoms with Gasteiger partial charge in [0, 0.05) is 13.6 Å². The van der Waals surface area contributed by atoms with Gasteiger partial charge < -0.3 is 14.4 Å². The number of hydrogen-bond donors (Lipinski definition) is 0. The predicted molar refractivity (Wildman–Crippen MR) is 67.7 cm³/mol. The second-order valence-electron chi connectivity index (χ2n) is 4.13. The fourth-order valence-corrected chi connectivity index (χ4v) is 1.30. The molecule has 1 rings (SSSR count). The summed E-state index contributed by atoms with van der Waals surface area (Å²) in [6.07, 6.45) is 3.56. The molecule has 0 radical (unpaired) electrons. The van der Waals surface area contributed by atoms with Gasteiger partial charge in [-0.05, 0) is 13.8 Å². The standard InChI is InChI=1S/C12H19N3O3/c1-9(2)18-11-8-13-7-10(14-11)15(3)6-5-12(16)17-4/h7-9H,5-6H2,1-4H3. The Labute approximate surface area is 107 Å². The van der Waals surface area contributed by atoms with Gasteiger partial charge in [-0.15, -0.1) is 0 Å². The Morgan fingerprint density at radius 3 is 2.78 bits per heavy atom. The lowest BCUT2D eigenvalue weighted by atomic mass is 10.4. The van der Waals surface area contributed by atoms with E-state index < -0.39 is 0 Å². The highest BCUT2D eigenvalue weighted by atomic mass is 16.5. The Bertz CT molecular complexity index is 396. The molecule has 1 aromatic heterocycles. The molecule has 0 aliphatic rings. The third-order valence-electron chi connectivity index (χ3n) is 2.23. The van der Waals surface area contributed by atoms with Gasteiger partial charge in [0.25, 0.3) is 0 Å². The summed E-state index contributed by atoms with van der Waals surface area (Å²) in [5, 5.41) is 0. The van der Waals surface area contributed by atoms with Crippen LogP contribution in [0.5, 0.6) is 5.88 Å². The van der Waals surface area contributed by atoms with E-state index >= 15 is 0 Å². The SMILES string of the molecule is COC(=O)CCN(C)c1cncc(OC(C)C)n1. The summed E-state index contributed by atoms with van der Waals surface area (Å²) in [4.78, 5) is 21.2. The summed E-state index contributed by atoms with van der Waals surface area (Å²) in [5.74, 6) is 0.897. The van der Waals surface area contributed by atoms with Gasteiger partial charge in [0.05, 0.1) is 32.0 Å². The van der Waals surface area contributed by atoms with Crippen LogP contribution in [0, 0.1) is 0 Å². The zero-order valence-corrected chi connectivity index (χ0v) is 11.2. The van der Waals surface area contributed by atoms with E-state index in [0.29, 0.717) is 24.7 Å². The molecule has 18 heavy (non-hydrogen) atoms. The van der Waals surface area contributed by atoms with Crippen LogP contribution in [0.15, 0.2) is 12.4 Å². The van der Waals surface area contributed by atoms with Crippen LogP contribution in [0.2, 0.25) is 0 Å². The monoisotopic (exact) mass is 253 g/mol. The Morgan fingerprint density at radius 2 is 2.17 bits per heavy atom. The second-order valence-corrected chi connectivity index (χ2v) is 4.13. The Morgan fingerprint density at radius 1 is 1.44 bits per heavy atom. The highest BCUT2D eigenvalue weighted by molar-refractivity contribution is 5.69. The molecule has 6 nitrogen and oxygen atoms in total. The maximum absolute atomic E-state index is 11.1. The molecule has 0 aliphatic carbocycles. The molecule has 0 aliphatic heterocycles. The van der Waals surface area contributed by atoms with Crippen LogP contribution in [0.1, 0.15) is 20.3 Å². The van der Waals surface area contributed by atoms with Gasteiger partial charge in [-0.3, -0.25) is 9.78 Å². The van der Waals surface area contributed by atoms with E-state index in [2.05, 4.69) is 14.7 Å². The third kappa shape index (κ3) is 4.57. The number of esters is 1. The topological polar surface area (TPSA) is 64.5 Å². The van der Waals surface area contributed by atoms with Crippen molar-refractivity contribution in [3.8, 4) is 5.88 Å². The lowest BCUT2D eigenvalue weighted by Gasteiger charge is -2.18. The average Bonchev–Trinajstić information content (AvgIpc) is 2.35. The van der Waals surface area contributed by atoms with E-state index in [1.165, 1.54) is 7.11 Å². The summed E-state index contributed by atoms with van der Waals surface area (Å²) in [5.41, 5.74) is 0. The number of hydrogen-bond acceptors (Lipinski definition) is 6. The maximum Gasteiger partial charge on any atom is 0.307 e. The molecular weight excluding hydrogens is 234 g/mol. The zero-order chi connectivity index (χ0) is 13.5. The van der Waals surface area contributed by atoms with Crippen molar-refractivity contribution in [3.05, 3.63) is 12.4 Å². The maximum atomic E-state index is 11.1. The molecule has 100 valence electrons. The number of nitrogens with zero attached hydrogens (tertiary/aromatic N) is 3. The summed E-state index contributed by atoms with van der Waals surface area (Å²) in [6.45, 7) is 4.37. The van der Waals surface area contributed by atoms with Crippen molar-refractivity contribution >= 4 is 11.8 Å². The van der Waals surface area contributed by atoms with Crippen LogP contribution in [0.25, 0.3) is 0 Å².